The number of aliphatic hydroxyl groups is 1. The molecular weight excluding hydrogens is 328 g/mol. The van der Waals surface area contributed by atoms with Crippen LogP contribution in [0.2, 0.25) is 0 Å². The van der Waals surface area contributed by atoms with E-state index in [1.807, 2.05) is 45.0 Å². The van der Waals surface area contributed by atoms with Gasteiger partial charge in [0.15, 0.2) is 0 Å². The molecule has 0 aliphatic carbocycles. The fourth-order valence-corrected chi connectivity index (χ4v) is 3.33. The van der Waals surface area contributed by atoms with Crippen LogP contribution >= 0.6 is 0 Å². The zero-order valence-electron chi connectivity index (χ0n) is 15.2. The quantitative estimate of drug-likeness (QED) is 0.520. The van der Waals surface area contributed by atoms with E-state index in [0.29, 0.717) is 24.2 Å². The molecule has 134 valence electrons. The first-order chi connectivity index (χ1) is 12.5. The van der Waals surface area contributed by atoms with Gasteiger partial charge in [0.25, 0.3) is 11.7 Å². The lowest BCUT2D eigenvalue weighted by Gasteiger charge is -2.24. The highest BCUT2D eigenvalue weighted by molar-refractivity contribution is 6.46. The molecular formula is C21H22N2O3. The molecule has 1 aromatic carbocycles. The Kier molecular flexibility index (Phi) is 4.89. The van der Waals surface area contributed by atoms with E-state index < -0.39 is 17.7 Å². The third-order valence-electron chi connectivity index (χ3n) is 4.62. The summed E-state index contributed by atoms with van der Waals surface area (Å²) in [7, 11) is 0. The van der Waals surface area contributed by atoms with Crippen molar-refractivity contribution in [2.45, 2.75) is 33.2 Å². The second kappa shape index (κ2) is 7.12. The number of carbonyl (C=O) groups is 2. The largest absolute Gasteiger partial charge is 0.507 e. The lowest BCUT2D eigenvalue weighted by atomic mass is 9.95. The molecule has 1 amide bonds. The fourth-order valence-electron chi connectivity index (χ4n) is 3.33. The topological polar surface area (TPSA) is 70.5 Å². The number of pyridine rings is 1. The molecule has 1 atom stereocenters. The second-order valence-electron chi connectivity index (χ2n) is 6.57. The number of aliphatic hydroxyl groups excluding tert-OH is 1. The van der Waals surface area contributed by atoms with Gasteiger partial charge in [0, 0.05) is 18.3 Å². The van der Waals surface area contributed by atoms with Crippen LogP contribution in [0.4, 0.5) is 0 Å². The smallest absolute Gasteiger partial charge is 0.295 e. The van der Waals surface area contributed by atoms with Crippen molar-refractivity contribution >= 4 is 17.4 Å². The van der Waals surface area contributed by atoms with Gasteiger partial charge in [-0.25, -0.2) is 0 Å². The molecule has 0 radical (unpaired) electrons. The van der Waals surface area contributed by atoms with E-state index in [1.54, 1.807) is 18.3 Å². The van der Waals surface area contributed by atoms with Gasteiger partial charge in [0.2, 0.25) is 0 Å². The van der Waals surface area contributed by atoms with Crippen LogP contribution in [-0.4, -0.2) is 33.2 Å². The van der Waals surface area contributed by atoms with E-state index in [9.17, 15) is 14.7 Å². The van der Waals surface area contributed by atoms with Gasteiger partial charge in [-0.05, 0) is 44.0 Å². The van der Waals surface area contributed by atoms with Crippen LogP contribution < -0.4 is 0 Å². The Balaban J connectivity index is 2.23. The van der Waals surface area contributed by atoms with Gasteiger partial charge < -0.3 is 10.0 Å². The highest BCUT2D eigenvalue weighted by Gasteiger charge is 2.46. The fraction of sp³-hybridized carbons (Fsp3) is 0.286. The standard InChI is InChI=1S/C21H22N2O3/c1-4-11-23-18(16-7-5-6-10-22-16)17(20(25)21(23)26)19(24)15-12-13(2)8-9-14(15)3/h5-10,12,18,24H,4,11H2,1-3H3/b19-17+. The number of aromatic nitrogens is 1. The highest BCUT2D eigenvalue weighted by atomic mass is 16.3. The monoisotopic (exact) mass is 350 g/mol. The van der Waals surface area contributed by atoms with E-state index in [4.69, 9.17) is 0 Å². The van der Waals surface area contributed by atoms with Crippen LogP contribution in [0.1, 0.15) is 41.8 Å². The van der Waals surface area contributed by atoms with Crippen molar-refractivity contribution in [3.8, 4) is 0 Å². The van der Waals surface area contributed by atoms with E-state index in [1.165, 1.54) is 4.90 Å². The molecule has 1 aliphatic heterocycles. The number of aryl methyl sites for hydroxylation is 2. The molecule has 0 spiro atoms. The molecule has 5 nitrogen and oxygen atoms in total. The van der Waals surface area contributed by atoms with Crippen molar-refractivity contribution < 1.29 is 14.7 Å². The molecule has 0 saturated carbocycles. The summed E-state index contributed by atoms with van der Waals surface area (Å²) >= 11 is 0. The van der Waals surface area contributed by atoms with Crippen molar-refractivity contribution in [3.63, 3.8) is 0 Å². The summed E-state index contributed by atoms with van der Waals surface area (Å²) in [6.45, 7) is 6.16. The minimum absolute atomic E-state index is 0.107. The zero-order valence-corrected chi connectivity index (χ0v) is 15.2. The van der Waals surface area contributed by atoms with Crippen molar-refractivity contribution in [2.75, 3.05) is 6.54 Å². The van der Waals surface area contributed by atoms with E-state index >= 15 is 0 Å². The van der Waals surface area contributed by atoms with E-state index in [-0.39, 0.29) is 11.3 Å². The molecule has 1 aromatic heterocycles. The molecule has 26 heavy (non-hydrogen) atoms. The number of Topliss-reactive ketones (excluding diaryl/α,β-unsaturated/α-hetero) is 1. The predicted molar refractivity (Wildman–Crippen MR) is 99.5 cm³/mol. The maximum Gasteiger partial charge on any atom is 0.295 e. The van der Waals surface area contributed by atoms with E-state index in [0.717, 1.165) is 11.1 Å². The van der Waals surface area contributed by atoms with Crippen molar-refractivity contribution in [3.05, 3.63) is 70.6 Å². The summed E-state index contributed by atoms with van der Waals surface area (Å²) in [5.74, 6) is -1.39. The molecule has 1 aliphatic rings. The Hall–Kier alpha value is -2.95. The highest BCUT2D eigenvalue weighted by Crippen LogP contribution is 2.39. The summed E-state index contributed by atoms with van der Waals surface area (Å²) in [6, 6.07) is 10.4. The van der Waals surface area contributed by atoms with Crippen LogP contribution in [0.25, 0.3) is 5.76 Å². The summed E-state index contributed by atoms with van der Waals surface area (Å²) < 4.78 is 0. The van der Waals surface area contributed by atoms with Gasteiger partial charge >= 0.3 is 0 Å². The second-order valence-corrected chi connectivity index (χ2v) is 6.57. The van der Waals surface area contributed by atoms with Crippen molar-refractivity contribution in [1.82, 2.24) is 9.88 Å². The van der Waals surface area contributed by atoms with Gasteiger partial charge in [-0.15, -0.1) is 0 Å². The molecule has 3 rings (SSSR count). The molecule has 1 saturated heterocycles. The third-order valence-corrected chi connectivity index (χ3v) is 4.62. The summed E-state index contributed by atoms with van der Waals surface area (Å²) in [5, 5.41) is 11.0. The summed E-state index contributed by atoms with van der Waals surface area (Å²) in [6.07, 6.45) is 2.33. The lowest BCUT2D eigenvalue weighted by molar-refractivity contribution is -0.139. The minimum Gasteiger partial charge on any atom is -0.507 e. The Labute approximate surface area is 153 Å². The molecule has 1 unspecified atom stereocenters. The number of nitrogens with zero attached hydrogens (tertiary/aromatic N) is 2. The Morgan fingerprint density at radius 1 is 1.19 bits per heavy atom. The normalized spacial score (nSPS) is 19.2. The Morgan fingerprint density at radius 3 is 2.62 bits per heavy atom. The first-order valence-corrected chi connectivity index (χ1v) is 8.72. The van der Waals surface area contributed by atoms with Crippen LogP contribution in [0.5, 0.6) is 0 Å². The number of rotatable bonds is 4. The Morgan fingerprint density at radius 2 is 1.96 bits per heavy atom. The number of carbonyl (C=O) groups excluding carboxylic acids is 2. The number of ketones is 1. The molecule has 2 aromatic rings. The van der Waals surface area contributed by atoms with Gasteiger partial charge in [-0.1, -0.05) is 30.7 Å². The van der Waals surface area contributed by atoms with Gasteiger partial charge in [0.05, 0.1) is 11.3 Å². The molecule has 1 fully saturated rings. The number of benzene rings is 1. The Bertz CT molecular complexity index is 887. The number of hydrogen-bond donors (Lipinski definition) is 1. The first kappa shape index (κ1) is 17.9. The van der Waals surface area contributed by atoms with E-state index in [2.05, 4.69) is 4.98 Å². The SMILES string of the molecule is CCCN1C(=O)C(=O)/C(=C(/O)c2cc(C)ccc2C)C1c1ccccn1. The minimum atomic E-state index is -0.670. The van der Waals surface area contributed by atoms with Crippen molar-refractivity contribution in [2.24, 2.45) is 0 Å². The lowest BCUT2D eigenvalue weighted by Crippen LogP contribution is -2.30. The molecule has 2 heterocycles. The summed E-state index contributed by atoms with van der Waals surface area (Å²) in [4.78, 5) is 31.2. The first-order valence-electron chi connectivity index (χ1n) is 8.72. The maximum atomic E-state index is 12.7. The van der Waals surface area contributed by atoms with Crippen LogP contribution in [0, 0.1) is 13.8 Å². The van der Waals surface area contributed by atoms with Gasteiger partial charge in [-0.2, -0.15) is 0 Å². The van der Waals surface area contributed by atoms with Crippen molar-refractivity contribution in [1.29, 1.82) is 0 Å². The van der Waals surface area contributed by atoms with Gasteiger partial charge in [-0.3, -0.25) is 14.6 Å². The van der Waals surface area contributed by atoms with Crippen LogP contribution in [0.15, 0.2) is 48.2 Å². The zero-order chi connectivity index (χ0) is 18.8. The third kappa shape index (κ3) is 3.01. The molecule has 0 bridgehead atoms. The number of hydrogen-bond acceptors (Lipinski definition) is 4. The average molecular weight is 350 g/mol. The average Bonchev–Trinajstić information content (AvgIpc) is 2.89. The predicted octanol–water partition coefficient (Wildman–Crippen LogP) is 3.53. The summed E-state index contributed by atoms with van der Waals surface area (Å²) in [5.41, 5.74) is 3.06. The van der Waals surface area contributed by atoms with Crippen LogP contribution in [-0.2, 0) is 9.59 Å². The maximum absolute atomic E-state index is 12.7. The number of amides is 1. The molecule has 1 N–H and O–H groups in total. The van der Waals surface area contributed by atoms with Crippen LogP contribution in [0.3, 0.4) is 0 Å². The molecule has 5 heteroatoms. The number of likely N-dealkylation sites (tertiary alicyclic amines) is 1. The van der Waals surface area contributed by atoms with Gasteiger partial charge in [0.1, 0.15) is 11.8 Å².